The van der Waals surface area contributed by atoms with Gasteiger partial charge in [0.2, 0.25) is 0 Å². The van der Waals surface area contributed by atoms with Crippen molar-refractivity contribution in [3.63, 3.8) is 0 Å². The van der Waals surface area contributed by atoms with E-state index in [1.165, 1.54) is 0 Å². The van der Waals surface area contributed by atoms with Gasteiger partial charge in [0.05, 0.1) is 31.0 Å². The maximum Gasteiger partial charge on any atom is 0.313 e. The smallest absolute Gasteiger partial charge is 0.313 e. The first kappa shape index (κ1) is 20.3. The zero-order valence-corrected chi connectivity index (χ0v) is 17.0. The number of aromatic amines is 1. The van der Waals surface area contributed by atoms with Gasteiger partial charge in [0.1, 0.15) is 0 Å². The second-order valence-electron chi connectivity index (χ2n) is 7.05. The minimum Gasteiger partial charge on any atom is -0.379 e. The molecule has 8 nitrogen and oxygen atoms in total. The van der Waals surface area contributed by atoms with Gasteiger partial charge in [0.15, 0.2) is 0 Å². The van der Waals surface area contributed by atoms with Crippen LogP contribution in [0.15, 0.2) is 48.7 Å². The highest BCUT2D eigenvalue weighted by Crippen LogP contribution is 2.23. The number of carbonyl (C=O) groups is 2. The first-order chi connectivity index (χ1) is 14.6. The number of rotatable bonds is 5. The molecule has 156 valence electrons. The van der Waals surface area contributed by atoms with Crippen LogP contribution in [-0.4, -0.2) is 59.8 Å². The van der Waals surface area contributed by atoms with Crippen LogP contribution in [0, 0.1) is 0 Å². The first-order valence-corrected chi connectivity index (χ1v) is 10.1. The summed E-state index contributed by atoms with van der Waals surface area (Å²) in [4.78, 5) is 27.0. The van der Waals surface area contributed by atoms with E-state index in [4.69, 9.17) is 16.3 Å². The standard InChI is InChI=1S/C21H22ClN5O3/c22-16-3-1-14(2-4-16)19(27-7-9-30-10-8-27)13-23-20(28)21(29)25-17-5-6-18-15(11-17)12-24-26-18/h1-6,11-12,19H,7-10,13H2,(H,23,28)(H,24,26)(H,25,29). The van der Waals surface area contributed by atoms with Gasteiger partial charge < -0.3 is 15.4 Å². The number of nitrogens with one attached hydrogen (secondary N) is 3. The molecule has 4 rings (SSSR count). The number of anilines is 1. The third-order valence-corrected chi connectivity index (χ3v) is 5.35. The molecule has 2 amide bonds. The second kappa shape index (κ2) is 9.25. The number of ether oxygens (including phenoxy) is 1. The predicted octanol–water partition coefficient (Wildman–Crippen LogP) is 2.34. The number of amides is 2. The fourth-order valence-corrected chi connectivity index (χ4v) is 3.64. The summed E-state index contributed by atoms with van der Waals surface area (Å²) < 4.78 is 5.44. The molecule has 30 heavy (non-hydrogen) atoms. The lowest BCUT2D eigenvalue weighted by molar-refractivity contribution is -0.136. The van der Waals surface area contributed by atoms with Crippen LogP contribution < -0.4 is 10.6 Å². The van der Waals surface area contributed by atoms with Gasteiger partial charge in [-0.15, -0.1) is 0 Å². The molecule has 0 aliphatic carbocycles. The van der Waals surface area contributed by atoms with E-state index in [1.807, 2.05) is 24.3 Å². The number of fused-ring (bicyclic) bond motifs is 1. The molecule has 9 heteroatoms. The number of H-pyrrole nitrogens is 1. The maximum absolute atomic E-state index is 12.4. The highest BCUT2D eigenvalue weighted by Gasteiger charge is 2.24. The van der Waals surface area contributed by atoms with E-state index in [0.717, 1.165) is 29.6 Å². The van der Waals surface area contributed by atoms with Gasteiger partial charge in [0.25, 0.3) is 0 Å². The average Bonchev–Trinajstić information content (AvgIpc) is 3.23. The molecule has 0 bridgehead atoms. The van der Waals surface area contributed by atoms with Crippen molar-refractivity contribution >= 4 is 40.0 Å². The quantitative estimate of drug-likeness (QED) is 0.543. The number of benzene rings is 2. The lowest BCUT2D eigenvalue weighted by atomic mass is 10.0. The minimum atomic E-state index is -0.713. The van der Waals surface area contributed by atoms with E-state index in [9.17, 15) is 9.59 Å². The molecule has 1 fully saturated rings. The Kier molecular flexibility index (Phi) is 6.27. The number of hydrogen-bond donors (Lipinski definition) is 3. The number of nitrogens with zero attached hydrogens (tertiary/aromatic N) is 2. The molecule has 3 N–H and O–H groups in total. The summed E-state index contributed by atoms with van der Waals surface area (Å²) in [6.45, 7) is 3.07. The topological polar surface area (TPSA) is 99.4 Å². The summed E-state index contributed by atoms with van der Waals surface area (Å²) in [5, 5.41) is 13.7. The molecule has 1 aromatic heterocycles. The Bertz CT molecular complexity index is 1030. The van der Waals surface area contributed by atoms with Gasteiger partial charge in [0, 0.05) is 35.7 Å². The number of morpholine rings is 1. The number of aromatic nitrogens is 2. The first-order valence-electron chi connectivity index (χ1n) is 9.70. The number of hydrogen-bond acceptors (Lipinski definition) is 5. The van der Waals surface area contributed by atoms with Crippen LogP contribution in [0.3, 0.4) is 0 Å². The SMILES string of the molecule is O=C(NCC(c1ccc(Cl)cc1)N1CCOCC1)C(=O)Nc1ccc2[nH]ncc2c1. The Morgan fingerprint density at radius 1 is 1.13 bits per heavy atom. The molecule has 2 heterocycles. The van der Waals surface area contributed by atoms with Crippen molar-refractivity contribution in [2.45, 2.75) is 6.04 Å². The van der Waals surface area contributed by atoms with Crippen LogP contribution in [0.25, 0.3) is 10.9 Å². The Labute approximate surface area is 178 Å². The Morgan fingerprint density at radius 2 is 1.90 bits per heavy atom. The fourth-order valence-electron chi connectivity index (χ4n) is 3.51. The molecule has 1 unspecified atom stereocenters. The second-order valence-corrected chi connectivity index (χ2v) is 7.49. The Hall–Kier alpha value is -2.94. The molecule has 1 atom stereocenters. The largest absolute Gasteiger partial charge is 0.379 e. The van der Waals surface area contributed by atoms with Crippen LogP contribution in [0.5, 0.6) is 0 Å². The van der Waals surface area contributed by atoms with Gasteiger partial charge in [-0.05, 0) is 35.9 Å². The summed E-state index contributed by atoms with van der Waals surface area (Å²) in [7, 11) is 0. The molecular formula is C21H22ClN5O3. The lowest BCUT2D eigenvalue weighted by Crippen LogP contribution is -2.45. The number of halogens is 1. The molecule has 3 aromatic rings. The van der Waals surface area contributed by atoms with Gasteiger partial charge in [-0.1, -0.05) is 23.7 Å². The minimum absolute atomic E-state index is 0.0785. The summed E-state index contributed by atoms with van der Waals surface area (Å²) in [5.74, 6) is -1.40. The van der Waals surface area contributed by atoms with Crippen molar-refractivity contribution in [2.75, 3.05) is 38.2 Å². The monoisotopic (exact) mass is 427 g/mol. The Balaban J connectivity index is 1.40. The van der Waals surface area contributed by atoms with Crippen molar-refractivity contribution in [3.05, 3.63) is 59.2 Å². The molecule has 1 aliphatic heterocycles. The van der Waals surface area contributed by atoms with Crippen molar-refractivity contribution < 1.29 is 14.3 Å². The fraction of sp³-hybridized carbons (Fsp3) is 0.286. The molecule has 0 spiro atoms. The molecule has 0 saturated carbocycles. The lowest BCUT2D eigenvalue weighted by Gasteiger charge is -2.34. The molecule has 0 radical (unpaired) electrons. The van der Waals surface area contributed by atoms with Gasteiger partial charge in [-0.25, -0.2) is 0 Å². The number of carbonyl (C=O) groups excluding carboxylic acids is 2. The maximum atomic E-state index is 12.4. The predicted molar refractivity (Wildman–Crippen MR) is 114 cm³/mol. The third-order valence-electron chi connectivity index (χ3n) is 5.10. The normalized spacial score (nSPS) is 15.6. The van der Waals surface area contributed by atoms with Crippen LogP contribution in [0.4, 0.5) is 5.69 Å². The van der Waals surface area contributed by atoms with Crippen molar-refractivity contribution in [1.29, 1.82) is 0 Å². The van der Waals surface area contributed by atoms with E-state index in [0.29, 0.717) is 30.5 Å². The van der Waals surface area contributed by atoms with Gasteiger partial charge in [-0.3, -0.25) is 19.6 Å². The molecule has 2 aromatic carbocycles. The van der Waals surface area contributed by atoms with Crippen LogP contribution in [-0.2, 0) is 14.3 Å². The van der Waals surface area contributed by atoms with Crippen LogP contribution >= 0.6 is 11.6 Å². The van der Waals surface area contributed by atoms with E-state index < -0.39 is 11.8 Å². The summed E-state index contributed by atoms with van der Waals surface area (Å²) in [5.41, 5.74) is 2.41. The molecular weight excluding hydrogens is 406 g/mol. The average molecular weight is 428 g/mol. The molecule has 1 aliphatic rings. The Morgan fingerprint density at radius 3 is 2.67 bits per heavy atom. The van der Waals surface area contributed by atoms with E-state index in [1.54, 1.807) is 24.4 Å². The van der Waals surface area contributed by atoms with Crippen LogP contribution in [0.1, 0.15) is 11.6 Å². The van der Waals surface area contributed by atoms with Crippen molar-refractivity contribution in [2.24, 2.45) is 0 Å². The van der Waals surface area contributed by atoms with Crippen LogP contribution in [0.2, 0.25) is 5.02 Å². The van der Waals surface area contributed by atoms with Gasteiger partial charge >= 0.3 is 11.8 Å². The van der Waals surface area contributed by atoms with E-state index in [2.05, 4.69) is 25.7 Å². The van der Waals surface area contributed by atoms with Crippen molar-refractivity contribution in [3.8, 4) is 0 Å². The summed E-state index contributed by atoms with van der Waals surface area (Å²) in [6, 6.07) is 12.7. The van der Waals surface area contributed by atoms with E-state index in [-0.39, 0.29) is 6.04 Å². The third kappa shape index (κ3) is 4.79. The summed E-state index contributed by atoms with van der Waals surface area (Å²) >= 11 is 6.02. The molecule has 1 saturated heterocycles. The van der Waals surface area contributed by atoms with Gasteiger partial charge in [-0.2, -0.15) is 5.10 Å². The van der Waals surface area contributed by atoms with E-state index >= 15 is 0 Å². The zero-order chi connectivity index (χ0) is 20.9. The summed E-state index contributed by atoms with van der Waals surface area (Å²) in [6.07, 6.45) is 1.66. The highest BCUT2D eigenvalue weighted by atomic mass is 35.5. The van der Waals surface area contributed by atoms with Crippen molar-refractivity contribution in [1.82, 2.24) is 20.4 Å². The highest BCUT2D eigenvalue weighted by molar-refractivity contribution is 6.39. The zero-order valence-electron chi connectivity index (χ0n) is 16.2.